The van der Waals surface area contributed by atoms with Crippen LogP contribution < -0.4 is 0 Å². The lowest BCUT2D eigenvalue weighted by atomic mass is 10.2. The first-order valence-electron chi connectivity index (χ1n) is 5.34. The van der Waals surface area contributed by atoms with Gasteiger partial charge >= 0.3 is 6.18 Å². The van der Waals surface area contributed by atoms with Crippen LogP contribution in [0.5, 0.6) is 0 Å². The van der Waals surface area contributed by atoms with Crippen molar-refractivity contribution in [1.29, 1.82) is 5.26 Å². The van der Waals surface area contributed by atoms with Crippen molar-refractivity contribution in [2.75, 3.05) is 0 Å². The van der Waals surface area contributed by atoms with Crippen molar-refractivity contribution in [2.45, 2.75) is 16.0 Å². The van der Waals surface area contributed by atoms with E-state index < -0.39 is 11.7 Å². The van der Waals surface area contributed by atoms with Gasteiger partial charge in [-0.05, 0) is 42.5 Å². The number of benzene rings is 2. The third kappa shape index (κ3) is 3.52. The van der Waals surface area contributed by atoms with Crippen LogP contribution in [0.1, 0.15) is 11.1 Å². The third-order valence-corrected chi connectivity index (χ3v) is 3.38. The highest BCUT2D eigenvalue weighted by molar-refractivity contribution is 7.99. The van der Waals surface area contributed by atoms with Crippen molar-refractivity contribution < 1.29 is 13.2 Å². The van der Waals surface area contributed by atoms with Gasteiger partial charge in [0.15, 0.2) is 0 Å². The van der Waals surface area contributed by atoms with E-state index in [0.29, 0.717) is 10.5 Å². The van der Waals surface area contributed by atoms with E-state index in [1.54, 1.807) is 18.2 Å². The van der Waals surface area contributed by atoms with Crippen LogP contribution in [0.4, 0.5) is 13.2 Å². The van der Waals surface area contributed by atoms with E-state index >= 15 is 0 Å². The lowest BCUT2D eigenvalue weighted by molar-refractivity contribution is -0.137. The molecular formula is C14H8F3NS. The Morgan fingerprint density at radius 1 is 0.947 bits per heavy atom. The van der Waals surface area contributed by atoms with Gasteiger partial charge in [-0.25, -0.2) is 0 Å². The first kappa shape index (κ1) is 13.5. The topological polar surface area (TPSA) is 23.8 Å². The van der Waals surface area contributed by atoms with Crippen LogP contribution >= 0.6 is 11.8 Å². The second kappa shape index (κ2) is 5.37. The predicted molar refractivity (Wildman–Crippen MR) is 66.7 cm³/mol. The zero-order chi connectivity index (χ0) is 13.9. The molecule has 0 atom stereocenters. The first-order chi connectivity index (χ1) is 8.99. The van der Waals surface area contributed by atoms with Gasteiger partial charge < -0.3 is 0 Å². The molecule has 19 heavy (non-hydrogen) atoms. The summed E-state index contributed by atoms with van der Waals surface area (Å²) in [6, 6.07) is 13.9. The molecule has 0 aliphatic rings. The fraction of sp³-hybridized carbons (Fsp3) is 0.0714. The minimum absolute atomic E-state index is 0.525. The Balaban J connectivity index is 2.18. The summed E-state index contributed by atoms with van der Waals surface area (Å²) >= 11 is 1.32. The van der Waals surface area contributed by atoms with Crippen LogP contribution in [-0.4, -0.2) is 0 Å². The van der Waals surface area contributed by atoms with Gasteiger partial charge in [0.1, 0.15) is 0 Å². The molecule has 0 saturated heterocycles. The number of halogens is 3. The highest BCUT2D eigenvalue weighted by Gasteiger charge is 2.29. The molecular weight excluding hydrogens is 271 g/mol. The summed E-state index contributed by atoms with van der Waals surface area (Å²) in [5.41, 5.74) is -0.139. The van der Waals surface area contributed by atoms with Crippen molar-refractivity contribution in [3.8, 4) is 6.07 Å². The number of nitriles is 1. The van der Waals surface area contributed by atoms with Gasteiger partial charge in [-0.15, -0.1) is 0 Å². The van der Waals surface area contributed by atoms with Crippen LogP contribution in [-0.2, 0) is 6.18 Å². The molecule has 0 saturated carbocycles. The van der Waals surface area contributed by atoms with Crippen LogP contribution in [0, 0.1) is 11.3 Å². The molecule has 0 radical (unpaired) electrons. The van der Waals surface area contributed by atoms with E-state index in [0.717, 1.165) is 17.0 Å². The lowest BCUT2D eigenvalue weighted by Crippen LogP contribution is -2.03. The van der Waals surface area contributed by atoms with E-state index in [1.165, 1.54) is 23.9 Å². The van der Waals surface area contributed by atoms with E-state index in [4.69, 9.17) is 5.26 Å². The highest BCUT2D eigenvalue weighted by Crippen LogP contribution is 2.33. The molecule has 0 aromatic heterocycles. The summed E-state index contributed by atoms with van der Waals surface area (Å²) in [4.78, 5) is 1.52. The van der Waals surface area contributed by atoms with Crippen molar-refractivity contribution in [3.05, 3.63) is 59.7 Å². The molecule has 5 heteroatoms. The van der Waals surface area contributed by atoms with E-state index in [9.17, 15) is 13.2 Å². The molecule has 96 valence electrons. The number of alkyl halides is 3. The average Bonchev–Trinajstić information content (AvgIpc) is 2.38. The van der Waals surface area contributed by atoms with Gasteiger partial charge in [-0.2, -0.15) is 18.4 Å². The quantitative estimate of drug-likeness (QED) is 0.793. The molecule has 2 rings (SSSR count). The molecule has 2 aromatic carbocycles. The van der Waals surface area contributed by atoms with Gasteiger partial charge in [-0.1, -0.05) is 17.8 Å². The molecule has 0 N–H and O–H groups in total. The maximum atomic E-state index is 12.4. The monoisotopic (exact) mass is 279 g/mol. The van der Waals surface area contributed by atoms with Crippen LogP contribution in [0.15, 0.2) is 58.3 Å². The minimum Gasteiger partial charge on any atom is -0.192 e. The standard InChI is InChI=1S/C14H8F3NS/c15-14(16,17)11-4-6-12(7-5-11)19-13-3-1-2-10(8-13)9-18/h1-8H. The zero-order valence-corrected chi connectivity index (χ0v) is 10.4. The Morgan fingerprint density at radius 2 is 1.63 bits per heavy atom. The Labute approximate surface area is 112 Å². The Hall–Kier alpha value is -1.93. The summed E-state index contributed by atoms with van der Waals surface area (Å²) in [5.74, 6) is 0. The average molecular weight is 279 g/mol. The lowest BCUT2D eigenvalue weighted by Gasteiger charge is -2.07. The molecule has 0 heterocycles. The summed E-state index contributed by atoms with van der Waals surface area (Å²) in [6.45, 7) is 0. The van der Waals surface area contributed by atoms with Gasteiger partial charge in [0.05, 0.1) is 17.2 Å². The van der Waals surface area contributed by atoms with Crippen molar-refractivity contribution in [2.24, 2.45) is 0 Å². The molecule has 0 aliphatic heterocycles. The Morgan fingerprint density at radius 3 is 2.21 bits per heavy atom. The number of rotatable bonds is 2. The third-order valence-electron chi connectivity index (χ3n) is 2.38. The van der Waals surface area contributed by atoms with E-state index in [-0.39, 0.29) is 0 Å². The fourth-order valence-corrected chi connectivity index (χ4v) is 2.35. The van der Waals surface area contributed by atoms with Gasteiger partial charge in [-0.3, -0.25) is 0 Å². The summed E-state index contributed by atoms with van der Waals surface area (Å²) in [7, 11) is 0. The maximum absolute atomic E-state index is 12.4. The minimum atomic E-state index is -4.32. The molecule has 0 unspecified atom stereocenters. The molecule has 0 spiro atoms. The molecule has 0 fully saturated rings. The summed E-state index contributed by atoms with van der Waals surface area (Å²) in [6.07, 6.45) is -4.32. The predicted octanol–water partition coefficient (Wildman–Crippen LogP) is 4.73. The second-order valence-corrected chi connectivity index (χ2v) is 4.91. The van der Waals surface area contributed by atoms with Gasteiger partial charge in [0, 0.05) is 9.79 Å². The largest absolute Gasteiger partial charge is 0.416 e. The highest BCUT2D eigenvalue weighted by atomic mass is 32.2. The van der Waals surface area contributed by atoms with Crippen molar-refractivity contribution >= 4 is 11.8 Å². The van der Waals surface area contributed by atoms with E-state index in [2.05, 4.69) is 0 Å². The van der Waals surface area contributed by atoms with Crippen LogP contribution in [0.3, 0.4) is 0 Å². The molecule has 2 aromatic rings. The zero-order valence-electron chi connectivity index (χ0n) is 9.61. The Bertz CT molecular complexity index is 612. The van der Waals surface area contributed by atoms with Crippen LogP contribution in [0.25, 0.3) is 0 Å². The van der Waals surface area contributed by atoms with E-state index in [1.807, 2.05) is 12.1 Å². The number of nitrogens with zero attached hydrogens (tertiary/aromatic N) is 1. The fourth-order valence-electron chi connectivity index (χ4n) is 1.48. The molecule has 0 aliphatic carbocycles. The number of hydrogen-bond acceptors (Lipinski definition) is 2. The van der Waals surface area contributed by atoms with Crippen molar-refractivity contribution in [1.82, 2.24) is 0 Å². The SMILES string of the molecule is N#Cc1cccc(Sc2ccc(C(F)(F)F)cc2)c1. The normalized spacial score (nSPS) is 11.1. The first-order valence-corrected chi connectivity index (χ1v) is 6.16. The molecule has 0 amide bonds. The van der Waals surface area contributed by atoms with Crippen LogP contribution in [0.2, 0.25) is 0 Å². The molecule has 0 bridgehead atoms. The second-order valence-electron chi connectivity index (χ2n) is 3.76. The Kier molecular flexibility index (Phi) is 3.82. The molecule has 1 nitrogen and oxygen atoms in total. The van der Waals surface area contributed by atoms with Crippen molar-refractivity contribution in [3.63, 3.8) is 0 Å². The smallest absolute Gasteiger partial charge is 0.192 e. The number of hydrogen-bond donors (Lipinski definition) is 0. The van der Waals surface area contributed by atoms with Gasteiger partial charge in [0.25, 0.3) is 0 Å². The summed E-state index contributed by atoms with van der Waals surface area (Å²) < 4.78 is 37.2. The van der Waals surface area contributed by atoms with Gasteiger partial charge in [0.2, 0.25) is 0 Å². The summed E-state index contributed by atoms with van der Waals surface area (Å²) in [5, 5.41) is 8.77. The maximum Gasteiger partial charge on any atom is 0.416 e.